The van der Waals surface area contributed by atoms with E-state index < -0.39 is 5.91 Å². The largest absolute Gasteiger partial charge is 0.462 e. The van der Waals surface area contributed by atoms with Crippen LogP contribution in [-0.2, 0) is 16.1 Å². The van der Waals surface area contributed by atoms with Gasteiger partial charge in [-0.1, -0.05) is 36.3 Å². The maximum Gasteiger partial charge on any atom is 0.338 e. The molecule has 8 heteroatoms. The van der Waals surface area contributed by atoms with Crippen LogP contribution in [0.15, 0.2) is 48.5 Å². The molecule has 0 aliphatic heterocycles. The lowest BCUT2D eigenvalue weighted by Crippen LogP contribution is -2.16. The molecular formula is C23H26N4O4. The van der Waals surface area contributed by atoms with Crippen molar-refractivity contribution in [2.24, 2.45) is 0 Å². The number of amides is 1. The summed E-state index contributed by atoms with van der Waals surface area (Å²) >= 11 is 0. The van der Waals surface area contributed by atoms with Gasteiger partial charge in [0.25, 0.3) is 5.91 Å². The topological polar surface area (TPSA) is 95.3 Å². The van der Waals surface area contributed by atoms with E-state index in [4.69, 9.17) is 9.47 Å². The Bertz CT molecular complexity index is 1030. The minimum absolute atomic E-state index is 0.172. The molecule has 0 atom stereocenters. The fourth-order valence-electron chi connectivity index (χ4n) is 2.91. The van der Waals surface area contributed by atoms with Crippen LogP contribution in [0.1, 0.15) is 51.9 Å². The number of nitrogens with zero attached hydrogens (tertiary/aromatic N) is 3. The highest BCUT2D eigenvalue weighted by Crippen LogP contribution is 2.17. The molecule has 3 aromatic rings. The third-order valence-electron chi connectivity index (χ3n) is 4.65. The van der Waals surface area contributed by atoms with Crippen LogP contribution in [0, 0.1) is 6.92 Å². The van der Waals surface area contributed by atoms with Crippen molar-refractivity contribution in [1.82, 2.24) is 15.0 Å². The van der Waals surface area contributed by atoms with Gasteiger partial charge in [0.2, 0.25) is 0 Å². The Balaban J connectivity index is 1.74. The van der Waals surface area contributed by atoms with Gasteiger partial charge in [-0.15, -0.1) is 5.10 Å². The van der Waals surface area contributed by atoms with Crippen LogP contribution in [0.5, 0.6) is 0 Å². The maximum absolute atomic E-state index is 12.8. The molecule has 1 heterocycles. The van der Waals surface area contributed by atoms with E-state index in [-0.39, 0.29) is 18.3 Å². The fourth-order valence-corrected chi connectivity index (χ4v) is 2.91. The Hall–Kier alpha value is -3.52. The van der Waals surface area contributed by atoms with Gasteiger partial charge in [-0.05, 0) is 49.7 Å². The Kier molecular flexibility index (Phi) is 7.50. The normalized spacial score (nSPS) is 10.7. The molecule has 0 bridgehead atoms. The van der Waals surface area contributed by atoms with Gasteiger partial charge in [-0.3, -0.25) is 4.79 Å². The molecule has 0 saturated carbocycles. The molecule has 0 saturated heterocycles. The van der Waals surface area contributed by atoms with Gasteiger partial charge in [0, 0.05) is 12.8 Å². The van der Waals surface area contributed by atoms with Crippen LogP contribution in [0.2, 0.25) is 0 Å². The highest BCUT2D eigenvalue weighted by Gasteiger charge is 2.21. The molecule has 0 fully saturated rings. The van der Waals surface area contributed by atoms with Gasteiger partial charge >= 0.3 is 5.97 Å². The van der Waals surface area contributed by atoms with Crippen molar-refractivity contribution >= 4 is 17.6 Å². The van der Waals surface area contributed by atoms with Gasteiger partial charge < -0.3 is 14.8 Å². The molecular weight excluding hydrogens is 396 g/mol. The lowest BCUT2D eigenvalue weighted by molar-refractivity contribution is 0.0499. The van der Waals surface area contributed by atoms with Gasteiger partial charge in [-0.2, -0.15) is 0 Å². The van der Waals surface area contributed by atoms with Crippen molar-refractivity contribution in [2.75, 3.05) is 19.0 Å². The van der Waals surface area contributed by atoms with Gasteiger partial charge in [0.1, 0.15) is 5.69 Å². The van der Waals surface area contributed by atoms with E-state index in [1.165, 1.54) is 0 Å². The van der Waals surface area contributed by atoms with E-state index in [1.807, 2.05) is 38.1 Å². The number of hydrogen-bond donors (Lipinski definition) is 1. The number of carbonyl (C=O) groups excluding carboxylic acids is 2. The molecule has 0 unspecified atom stereocenters. The monoisotopic (exact) mass is 422 g/mol. The third kappa shape index (κ3) is 5.55. The Morgan fingerprint density at radius 1 is 1.06 bits per heavy atom. The van der Waals surface area contributed by atoms with E-state index in [9.17, 15) is 9.59 Å². The lowest BCUT2D eigenvalue weighted by atomic mass is 10.2. The zero-order valence-corrected chi connectivity index (χ0v) is 17.9. The van der Waals surface area contributed by atoms with Gasteiger partial charge in [0.05, 0.1) is 24.5 Å². The number of hydrogen-bond acceptors (Lipinski definition) is 6. The Morgan fingerprint density at radius 2 is 1.77 bits per heavy atom. The van der Waals surface area contributed by atoms with Crippen molar-refractivity contribution in [3.8, 4) is 5.69 Å². The summed E-state index contributed by atoms with van der Waals surface area (Å²) in [6, 6.07) is 14.3. The summed E-state index contributed by atoms with van der Waals surface area (Å²) < 4.78 is 12.0. The molecule has 0 aliphatic carbocycles. The van der Waals surface area contributed by atoms with Crippen LogP contribution in [0.25, 0.3) is 5.69 Å². The van der Waals surface area contributed by atoms with Crippen LogP contribution < -0.4 is 5.32 Å². The van der Waals surface area contributed by atoms with E-state index >= 15 is 0 Å². The molecule has 1 aromatic heterocycles. The SMILES string of the molecule is CCCCOC(=O)c1ccc(NC(=O)c2nnn(-c3ccc(C)cc3)c2COC)cc1. The zero-order valence-electron chi connectivity index (χ0n) is 17.9. The summed E-state index contributed by atoms with van der Waals surface area (Å²) in [5, 5.41) is 11.0. The summed E-state index contributed by atoms with van der Waals surface area (Å²) in [6.45, 7) is 4.60. The first-order valence-electron chi connectivity index (χ1n) is 10.1. The molecule has 1 amide bonds. The molecule has 3 rings (SSSR count). The number of aryl methyl sites for hydroxylation is 1. The number of aromatic nitrogens is 3. The second-order valence-electron chi connectivity index (χ2n) is 7.09. The summed E-state index contributed by atoms with van der Waals surface area (Å²) in [7, 11) is 1.55. The van der Waals surface area contributed by atoms with E-state index in [1.54, 1.807) is 36.1 Å². The average Bonchev–Trinajstić information content (AvgIpc) is 3.19. The molecule has 1 N–H and O–H groups in total. The first-order valence-corrected chi connectivity index (χ1v) is 10.1. The Labute approximate surface area is 181 Å². The lowest BCUT2D eigenvalue weighted by Gasteiger charge is -2.09. The number of nitrogens with one attached hydrogen (secondary N) is 1. The van der Waals surface area contributed by atoms with Crippen molar-refractivity contribution in [2.45, 2.75) is 33.3 Å². The summed E-state index contributed by atoms with van der Waals surface area (Å²) in [5.74, 6) is -0.793. The summed E-state index contributed by atoms with van der Waals surface area (Å²) in [4.78, 5) is 24.8. The first kappa shape index (κ1) is 22.2. The molecule has 0 radical (unpaired) electrons. The average molecular weight is 422 g/mol. The number of anilines is 1. The van der Waals surface area contributed by atoms with Gasteiger partial charge in [0.15, 0.2) is 5.69 Å². The molecule has 162 valence electrons. The summed E-state index contributed by atoms with van der Waals surface area (Å²) in [6.07, 6.45) is 1.78. The number of unbranched alkanes of at least 4 members (excludes halogenated alkanes) is 1. The van der Waals surface area contributed by atoms with E-state index in [2.05, 4.69) is 15.6 Å². The number of ether oxygens (including phenoxy) is 2. The van der Waals surface area contributed by atoms with Crippen molar-refractivity contribution in [3.63, 3.8) is 0 Å². The van der Waals surface area contributed by atoms with Crippen molar-refractivity contribution in [1.29, 1.82) is 0 Å². The molecule has 8 nitrogen and oxygen atoms in total. The molecule has 2 aromatic carbocycles. The number of esters is 1. The zero-order chi connectivity index (χ0) is 22.2. The molecule has 0 aliphatic rings. The smallest absolute Gasteiger partial charge is 0.338 e. The van der Waals surface area contributed by atoms with E-state index in [0.717, 1.165) is 24.1 Å². The van der Waals surface area contributed by atoms with Crippen LogP contribution in [-0.4, -0.2) is 40.6 Å². The predicted octanol–water partition coefficient (Wildman–Crippen LogP) is 3.93. The first-order chi connectivity index (χ1) is 15.0. The summed E-state index contributed by atoms with van der Waals surface area (Å²) in [5.41, 5.74) is 3.58. The molecule has 0 spiro atoms. The molecule has 31 heavy (non-hydrogen) atoms. The number of methoxy groups -OCH3 is 1. The highest BCUT2D eigenvalue weighted by atomic mass is 16.5. The minimum Gasteiger partial charge on any atom is -0.462 e. The van der Waals surface area contributed by atoms with Gasteiger partial charge in [-0.25, -0.2) is 9.48 Å². The quantitative estimate of drug-likeness (QED) is 0.415. The maximum atomic E-state index is 12.8. The van der Waals surface area contributed by atoms with Crippen LogP contribution >= 0.6 is 0 Å². The number of benzene rings is 2. The number of rotatable bonds is 9. The highest BCUT2D eigenvalue weighted by molar-refractivity contribution is 6.03. The third-order valence-corrected chi connectivity index (χ3v) is 4.65. The fraction of sp³-hybridized carbons (Fsp3) is 0.304. The second-order valence-corrected chi connectivity index (χ2v) is 7.09. The van der Waals surface area contributed by atoms with Crippen molar-refractivity contribution in [3.05, 3.63) is 71.0 Å². The van der Waals surface area contributed by atoms with E-state index in [0.29, 0.717) is 23.6 Å². The minimum atomic E-state index is -0.413. The Morgan fingerprint density at radius 3 is 2.42 bits per heavy atom. The standard InChI is InChI=1S/C23H26N4O4/c1-4-5-14-31-23(29)17-8-10-18(11-9-17)24-22(28)21-20(15-30-3)27(26-25-21)19-12-6-16(2)7-13-19/h6-13H,4-5,14-15H2,1-3H3,(H,24,28). The van der Waals surface area contributed by atoms with Crippen LogP contribution in [0.4, 0.5) is 5.69 Å². The van der Waals surface area contributed by atoms with Crippen LogP contribution in [0.3, 0.4) is 0 Å². The van der Waals surface area contributed by atoms with Crippen molar-refractivity contribution < 1.29 is 19.1 Å². The predicted molar refractivity (Wildman–Crippen MR) is 116 cm³/mol. The second kappa shape index (κ2) is 10.5. The number of carbonyl (C=O) groups is 2.